The maximum atomic E-state index is 12.3. The molecule has 4 rings (SSSR count). The second kappa shape index (κ2) is 3.60. The zero-order valence-corrected chi connectivity index (χ0v) is 11.5. The second-order valence-corrected chi connectivity index (χ2v) is 6.02. The fraction of sp³-hybridized carbons (Fsp3) is 0.692. The minimum absolute atomic E-state index is 0.168. The van der Waals surface area contributed by atoms with Crippen molar-refractivity contribution in [2.24, 2.45) is 7.05 Å². The molecule has 108 valence electrons. The summed E-state index contributed by atoms with van der Waals surface area (Å²) in [6.45, 7) is 3.71. The van der Waals surface area contributed by atoms with Crippen LogP contribution in [0.1, 0.15) is 25.8 Å². The molecule has 2 fully saturated rings. The fourth-order valence-electron chi connectivity index (χ4n) is 3.35. The summed E-state index contributed by atoms with van der Waals surface area (Å²) in [5, 5.41) is 0. The van der Waals surface area contributed by atoms with Gasteiger partial charge in [-0.05, 0) is 13.8 Å². The van der Waals surface area contributed by atoms with Gasteiger partial charge in [-0.25, -0.2) is 4.79 Å². The lowest BCUT2D eigenvalue weighted by atomic mass is 10.1. The maximum absolute atomic E-state index is 12.3. The van der Waals surface area contributed by atoms with Crippen LogP contribution in [0.3, 0.4) is 0 Å². The van der Waals surface area contributed by atoms with E-state index in [1.54, 1.807) is 0 Å². The Hall–Kier alpha value is -1.44. The van der Waals surface area contributed by atoms with Gasteiger partial charge in [0.25, 0.3) is 5.56 Å². The van der Waals surface area contributed by atoms with Crippen LogP contribution >= 0.6 is 0 Å². The Bertz CT molecular complexity index is 704. The lowest BCUT2D eigenvalue weighted by Crippen LogP contribution is -2.45. The molecule has 0 unspecified atom stereocenters. The maximum Gasteiger partial charge on any atom is 0.333 e. The van der Waals surface area contributed by atoms with Gasteiger partial charge in [0.1, 0.15) is 12.2 Å². The van der Waals surface area contributed by atoms with E-state index >= 15 is 0 Å². The first kappa shape index (κ1) is 12.3. The Morgan fingerprint density at radius 2 is 1.95 bits per heavy atom. The summed E-state index contributed by atoms with van der Waals surface area (Å²) in [4.78, 5) is 24.1. The predicted molar refractivity (Wildman–Crippen MR) is 67.4 cm³/mol. The molecular formula is C13H16N2O5. The van der Waals surface area contributed by atoms with Crippen molar-refractivity contribution >= 4 is 0 Å². The lowest BCUT2D eigenvalue weighted by Gasteiger charge is -2.30. The number of hydrogen-bond donors (Lipinski definition) is 0. The van der Waals surface area contributed by atoms with Crippen LogP contribution in [0, 0.1) is 0 Å². The molecular weight excluding hydrogens is 264 g/mol. The third-order valence-electron chi connectivity index (χ3n) is 4.21. The number of aromatic nitrogens is 2. The summed E-state index contributed by atoms with van der Waals surface area (Å²) < 4.78 is 20.2. The summed E-state index contributed by atoms with van der Waals surface area (Å²) >= 11 is 0. The molecule has 0 radical (unpaired) electrons. The second-order valence-electron chi connectivity index (χ2n) is 6.02. The first-order valence-corrected chi connectivity index (χ1v) is 6.70. The van der Waals surface area contributed by atoms with Gasteiger partial charge in [-0.3, -0.25) is 13.9 Å². The van der Waals surface area contributed by atoms with Crippen molar-refractivity contribution in [1.82, 2.24) is 9.13 Å². The quantitative estimate of drug-likeness (QED) is 0.642. The highest BCUT2D eigenvalue weighted by atomic mass is 16.8. The van der Waals surface area contributed by atoms with E-state index in [-0.39, 0.29) is 29.6 Å². The van der Waals surface area contributed by atoms with Crippen LogP contribution in [-0.2, 0) is 27.7 Å². The van der Waals surface area contributed by atoms with Gasteiger partial charge in [0.15, 0.2) is 12.0 Å². The van der Waals surface area contributed by atoms with E-state index in [2.05, 4.69) is 0 Å². The van der Waals surface area contributed by atoms with Gasteiger partial charge in [0, 0.05) is 25.2 Å². The predicted octanol–water partition coefficient (Wildman–Crippen LogP) is -0.479. The van der Waals surface area contributed by atoms with Crippen molar-refractivity contribution in [2.75, 3.05) is 0 Å². The molecule has 0 aromatic carbocycles. The molecule has 20 heavy (non-hydrogen) atoms. The van der Waals surface area contributed by atoms with Gasteiger partial charge in [0.2, 0.25) is 0 Å². The largest absolute Gasteiger partial charge is 0.349 e. The third kappa shape index (κ3) is 1.45. The molecule has 1 aromatic heterocycles. The number of hydrogen-bond acceptors (Lipinski definition) is 5. The molecule has 2 saturated heterocycles. The molecule has 3 aliphatic heterocycles. The summed E-state index contributed by atoms with van der Waals surface area (Å²) in [6, 6.07) is 1.50. The van der Waals surface area contributed by atoms with Gasteiger partial charge in [-0.2, -0.15) is 0 Å². The number of fused-ring (bicyclic) bond motifs is 7. The smallest absolute Gasteiger partial charge is 0.333 e. The minimum atomic E-state index is -0.669. The molecule has 4 heterocycles. The molecule has 0 saturated carbocycles. The van der Waals surface area contributed by atoms with E-state index in [0.717, 1.165) is 4.57 Å². The zero-order chi connectivity index (χ0) is 14.2. The Morgan fingerprint density at radius 1 is 1.25 bits per heavy atom. The van der Waals surface area contributed by atoms with Crippen LogP contribution in [0.2, 0.25) is 0 Å². The van der Waals surface area contributed by atoms with Crippen LogP contribution < -0.4 is 11.2 Å². The molecule has 7 nitrogen and oxygen atoms in total. The van der Waals surface area contributed by atoms with Crippen LogP contribution in [0.15, 0.2) is 15.7 Å². The topological polar surface area (TPSA) is 71.7 Å². The molecule has 3 aliphatic rings. The average Bonchev–Trinajstić information content (AvgIpc) is 2.81. The standard InChI is InChI=1S/C13H16N2O5/c1-13(2)19-9-7-4-6-5-8(16)14(3)12(17)15(6)11(18-7)10(9)20-13/h5,7,9-11H,4H2,1-3H3/t7-,9-,10-,11-/m1/s1. The van der Waals surface area contributed by atoms with Crippen molar-refractivity contribution in [3.8, 4) is 0 Å². The van der Waals surface area contributed by atoms with E-state index in [0.29, 0.717) is 12.1 Å². The van der Waals surface area contributed by atoms with E-state index < -0.39 is 12.0 Å². The Labute approximate surface area is 114 Å². The summed E-state index contributed by atoms with van der Waals surface area (Å²) in [7, 11) is 1.46. The number of nitrogens with zero attached hydrogens (tertiary/aromatic N) is 2. The van der Waals surface area contributed by atoms with Gasteiger partial charge in [0.05, 0.1) is 6.10 Å². The Balaban J connectivity index is 1.88. The summed E-state index contributed by atoms with van der Waals surface area (Å²) in [5.41, 5.74) is 0.0264. The van der Waals surface area contributed by atoms with Crippen molar-refractivity contribution in [2.45, 2.75) is 50.6 Å². The Kier molecular flexibility index (Phi) is 2.22. The monoisotopic (exact) mass is 280 g/mol. The van der Waals surface area contributed by atoms with E-state index in [1.807, 2.05) is 13.8 Å². The van der Waals surface area contributed by atoms with E-state index in [1.165, 1.54) is 17.7 Å². The SMILES string of the molecule is Cn1c(=O)cc2n(c1=O)[C@@H]1O[C@H](C2)[C@H]2OC(C)(C)O[C@H]21. The minimum Gasteiger partial charge on any atom is -0.349 e. The Morgan fingerprint density at radius 3 is 2.70 bits per heavy atom. The van der Waals surface area contributed by atoms with Gasteiger partial charge in [-0.1, -0.05) is 0 Å². The molecule has 2 bridgehead atoms. The van der Waals surface area contributed by atoms with Crippen LogP contribution in [0.25, 0.3) is 0 Å². The van der Waals surface area contributed by atoms with Crippen molar-refractivity contribution in [1.29, 1.82) is 0 Å². The van der Waals surface area contributed by atoms with Crippen LogP contribution in [0.5, 0.6) is 0 Å². The van der Waals surface area contributed by atoms with Gasteiger partial charge < -0.3 is 14.2 Å². The average molecular weight is 280 g/mol. The molecule has 0 aliphatic carbocycles. The van der Waals surface area contributed by atoms with Crippen LogP contribution in [-0.4, -0.2) is 33.2 Å². The van der Waals surface area contributed by atoms with E-state index in [4.69, 9.17) is 14.2 Å². The molecule has 4 atom stereocenters. The summed E-state index contributed by atoms with van der Waals surface area (Å²) in [5.74, 6) is -0.669. The highest BCUT2D eigenvalue weighted by Gasteiger charge is 2.58. The lowest BCUT2D eigenvalue weighted by molar-refractivity contribution is -0.202. The van der Waals surface area contributed by atoms with Crippen LogP contribution in [0.4, 0.5) is 0 Å². The van der Waals surface area contributed by atoms with E-state index in [9.17, 15) is 9.59 Å². The number of rotatable bonds is 0. The molecule has 0 spiro atoms. The molecule has 1 aromatic rings. The number of ether oxygens (including phenoxy) is 3. The fourth-order valence-corrected chi connectivity index (χ4v) is 3.35. The molecule has 7 heteroatoms. The first-order chi connectivity index (χ1) is 9.37. The first-order valence-electron chi connectivity index (χ1n) is 6.70. The molecule has 0 amide bonds. The normalized spacial score (nSPS) is 36.8. The highest BCUT2D eigenvalue weighted by Crippen LogP contribution is 2.45. The highest BCUT2D eigenvalue weighted by molar-refractivity contribution is 5.14. The summed E-state index contributed by atoms with van der Waals surface area (Å²) in [6.07, 6.45) is -0.711. The third-order valence-corrected chi connectivity index (χ3v) is 4.21. The van der Waals surface area contributed by atoms with Gasteiger partial charge in [-0.15, -0.1) is 0 Å². The zero-order valence-electron chi connectivity index (χ0n) is 11.5. The van der Waals surface area contributed by atoms with Gasteiger partial charge >= 0.3 is 5.69 Å². The van der Waals surface area contributed by atoms with Crippen molar-refractivity contribution in [3.05, 3.63) is 32.6 Å². The van der Waals surface area contributed by atoms with Crippen molar-refractivity contribution in [3.63, 3.8) is 0 Å². The molecule has 0 N–H and O–H groups in total. The van der Waals surface area contributed by atoms with Crippen molar-refractivity contribution < 1.29 is 14.2 Å².